The predicted molar refractivity (Wildman–Crippen MR) is 258 cm³/mol. The number of amides is 4. The lowest BCUT2D eigenvalue weighted by Crippen LogP contribution is -2.58. The van der Waals surface area contributed by atoms with Crippen LogP contribution < -0.4 is 10.7 Å². The quantitative estimate of drug-likeness (QED) is 0.0738. The van der Waals surface area contributed by atoms with Gasteiger partial charge in [0.2, 0.25) is 18.2 Å². The monoisotopic (exact) mass is 938 g/mol. The number of likely N-dealkylation sites (tertiary alicyclic amines) is 1. The van der Waals surface area contributed by atoms with Crippen LogP contribution in [0, 0.1) is 23.2 Å². The van der Waals surface area contributed by atoms with Gasteiger partial charge in [-0.15, -0.1) is 11.3 Å². The molecule has 5 heterocycles. The minimum atomic E-state index is -0.924. The first-order chi connectivity index (χ1) is 31.9. The van der Waals surface area contributed by atoms with Crippen molar-refractivity contribution in [1.82, 2.24) is 40.1 Å². The van der Waals surface area contributed by atoms with Gasteiger partial charge in [-0.05, 0) is 87.6 Å². The number of ether oxygens (including phenoxy) is 2. The molecule has 1 aromatic carbocycles. The first-order valence-electron chi connectivity index (χ1n) is 22.9. The van der Waals surface area contributed by atoms with Gasteiger partial charge in [-0.3, -0.25) is 43.3 Å². The van der Waals surface area contributed by atoms with Gasteiger partial charge in [0.05, 0.1) is 40.3 Å². The number of esters is 1. The number of fused-ring (bicyclic) bond motifs is 1. The van der Waals surface area contributed by atoms with Crippen molar-refractivity contribution in [2.45, 2.75) is 112 Å². The highest BCUT2D eigenvalue weighted by Crippen LogP contribution is 2.42. The molecule has 2 aliphatic rings. The number of benzene rings is 1. The Morgan fingerprint density at radius 2 is 1.76 bits per heavy atom. The molecule has 4 aromatic rings. The summed E-state index contributed by atoms with van der Waals surface area (Å²) in [6, 6.07) is 7.96. The fraction of sp³-hybridized carbons (Fsp3) is 0.520. The summed E-state index contributed by atoms with van der Waals surface area (Å²) >= 11 is 1.39. The Morgan fingerprint density at radius 3 is 2.37 bits per heavy atom. The maximum absolute atomic E-state index is 13.9. The van der Waals surface area contributed by atoms with Crippen molar-refractivity contribution >= 4 is 58.2 Å². The molecule has 16 nitrogen and oxygen atoms in total. The van der Waals surface area contributed by atoms with Crippen LogP contribution in [0.25, 0.3) is 33.4 Å². The molecule has 360 valence electrons. The van der Waals surface area contributed by atoms with Gasteiger partial charge >= 0.3 is 5.97 Å². The first kappa shape index (κ1) is 52.0. The van der Waals surface area contributed by atoms with Crippen LogP contribution in [0.3, 0.4) is 0 Å². The van der Waals surface area contributed by atoms with Crippen LogP contribution in [0.15, 0.2) is 41.9 Å². The molecule has 3 unspecified atom stereocenters. The molecule has 2 fully saturated rings. The van der Waals surface area contributed by atoms with Crippen molar-refractivity contribution in [3.8, 4) is 34.4 Å². The van der Waals surface area contributed by atoms with Crippen LogP contribution in [-0.2, 0) is 46.3 Å². The van der Waals surface area contributed by atoms with Crippen LogP contribution in [-0.4, -0.2) is 124 Å². The summed E-state index contributed by atoms with van der Waals surface area (Å²) in [7, 11) is 3.17. The number of hydrogen-bond acceptors (Lipinski definition) is 12. The first-order valence-corrected chi connectivity index (χ1v) is 23.8. The number of hydrogen-bond donors (Lipinski definition) is 2. The van der Waals surface area contributed by atoms with Gasteiger partial charge in [0.15, 0.2) is 0 Å². The second kappa shape index (κ2) is 23.7. The largest absolute Gasteiger partial charge is 0.465 e. The van der Waals surface area contributed by atoms with Crippen molar-refractivity contribution in [3.05, 3.63) is 58.2 Å². The van der Waals surface area contributed by atoms with E-state index in [0.717, 1.165) is 60.8 Å². The van der Waals surface area contributed by atoms with E-state index in [1.54, 1.807) is 41.8 Å². The van der Waals surface area contributed by atoms with Crippen molar-refractivity contribution in [1.29, 1.82) is 0 Å². The topological polar surface area (TPSA) is 185 Å². The number of methoxy groups -OCH3 is 1. The number of likely N-dealkylation sites (N-methyl/N-ethyl adjacent to an activating group) is 1. The zero-order valence-corrected chi connectivity index (χ0v) is 41.4. The Labute approximate surface area is 398 Å². The van der Waals surface area contributed by atoms with E-state index < -0.39 is 23.4 Å². The number of hydrazine groups is 1. The summed E-state index contributed by atoms with van der Waals surface area (Å²) in [5, 5.41) is 7.90. The molecule has 2 saturated heterocycles. The lowest BCUT2D eigenvalue weighted by molar-refractivity contribution is -0.144. The average Bonchev–Trinajstić information content (AvgIpc) is 4.09. The van der Waals surface area contributed by atoms with Gasteiger partial charge in [-0.25, -0.2) is 10.4 Å². The van der Waals surface area contributed by atoms with E-state index in [1.807, 2.05) is 70.3 Å². The smallest absolute Gasteiger partial charge is 0.302 e. The van der Waals surface area contributed by atoms with Gasteiger partial charge in [0.1, 0.15) is 12.1 Å². The average molecular weight is 939 g/mol. The number of rotatable bonds is 16. The summed E-state index contributed by atoms with van der Waals surface area (Å²) in [6.45, 7) is 17.4. The van der Waals surface area contributed by atoms with Crippen LogP contribution >= 0.6 is 11.3 Å². The fourth-order valence-electron chi connectivity index (χ4n) is 8.55. The number of pyridine rings is 1. The molecule has 3 aromatic heterocycles. The van der Waals surface area contributed by atoms with Crippen LogP contribution in [0.2, 0.25) is 0 Å². The Kier molecular flexibility index (Phi) is 18.4. The van der Waals surface area contributed by atoms with E-state index in [0.29, 0.717) is 53.5 Å². The standard InChI is InChI=1S/C42H55N7O7S.C8H11NO/c1-25(2)38(47(8)24-50)40(53)46-33(41(54)48-18-11-10-17-44-48)20-36-45-34(22-57-36)29-14-15-35-31(19-29)32(21-42(6,7)23-56-28(5)52)39(49(35)27(4)51)30-13-12-16-43-37(30)26(3)55-9;1-2-5-8(10)9-6-3-4-7-9/h12-16,19,22,24-26,33,38,44H,10-11,17-18,20-21,23H2,1-9H3,(H,46,53);3-4,6-7H2,1H3. The van der Waals surface area contributed by atoms with E-state index in [2.05, 4.69) is 27.6 Å². The molecule has 2 aliphatic heterocycles. The molecule has 6 rings (SSSR count). The third-order valence-electron chi connectivity index (χ3n) is 11.9. The summed E-state index contributed by atoms with van der Waals surface area (Å²) in [6.07, 6.45) is 6.62. The Morgan fingerprint density at radius 1 is 1.04 bits per heavy atom. The second-order valence-electron chi connectivity index (χ2n) is 18.2. The number of nitrogens with zero attached hydrogens (tertiary/aromatic N) is 6. The third-order valence-corrected chi connectivity index (χ3v) is 12.8. The van der Waals surface area contributed by atoms with Gasteiger partial charge in [0.25, 0.3) is 11.8 Å². The summed E-state index contributed by atoms with van der Waals surface area (Å²) in [4.78, 5) is 88.4. The van der Waals surface area contributed by atoms with Gasteiger partial charge < -0.3 is 24.6 Å². The van der Waals surface area contributed by atoms with Crippen molar-refractivity contribution in [2.75, 3.05) is 46.9 Å². The van der Waals surface area contributed by atoms with E-state index in [4.69, 9.17) is 14.5 Å². The lowest BCUT2D eigenvalue weighted by Gasteiger charge is -2.33. The number of nitrogens with one attached hydrogen (secondary N) is 2. The predicted octanol–water partition coefficient (Wildman–Crippen LogP) is 6.23. The van der Waals surface area contributed by atoms with E-state index in [9.17, 15) is 28.8 Å². The fourth-order valence-corrected chi connectivity index (χ4v) is 9.40. The van der Waals surface area contributed by atoms with Crippen molar-refractivity contribution < 1.29 is 38.2 Å². The highest BCUT2D eigenvalue weighted by atomic mass is 32.1. The molecule has 3 atom stereocenters. The SMILES string of the molecule is CC#CC(=O)N1CCCC1.COC(C)c1ncccc1-c1c(CC(C)(C)COC(C)=O)c2cc(-c3csc(CC(NC(=O)C(C(C)C)N(C)C=O)C(=O)N4CCCCN4)n3)ccc2n1C(C)=O. The minimum absolute atomic E-state index is 0.0139. The number of thiazole rings is 1. The molecule has 2 N–H and O–H groups in total. The van der Waals surface area contributed by atoms with E-state index >= 15 is 0 Å². The molecule has 4 amide bonds. The molecular formula is C50H66N8O8S. The molecule has 67 heavy (non-hydrogen) atoms. The molecule has 0 bridgehead atoms. The highest BCUT2D eigenvalue weighted by molar-refractivity contribution is 7.10. The molecule has 0 aliphatic carbocycles. The maximum atomic E-state index is 13.9. The third kappa shape index (κ3) is 13.1. The number of carbonyl (C=O) groups is 6. The normalized spacial score (nSPS) is 15.1. The minimum Gasteiger partial charge on any atom is -0.465 e. The Bertz CT molecular complexity index is 2470. The molecule has 17 heteroatoms. The zero-order chi connectivity index (χ0) is 49.0. The van der Waals surface area contributed by atoms with E-state index in [1.165, 1.54) is 30.1 Å². The van der Waals surface area contributed by atoms with E-state index in [-0.39, 0.29) is 48.7 Å². The Balaban J connectivity index is 0.000000743. The summed E-state index contributed by atoms with van der Waals surface area (Å²) < 4.78 is 12.9. The van der Waals surface area contributed by atoms with Crippen LogP contribution in [0.4, 0.5) is 0 Å². The molecule has 0 spiro atoms. The maximum Gasteiger partial charge on any atom is 0.302 e. The summed E-state index contributed by atoms with van der Waals surface area (Å²) in [5.74, 6) is 3.70. The molecular weight excluding hydrogens is 873 g/mol. The Hall–Kier alpha value is -5.96. The highest BCUT2D eigenvalue weighted by Gasteiger charge is 2.34. The van der Waals surface area contributed by atoms with Gasteiger partial charge in [-0.2, -0.15) is 0 Å². The van der Waals surface area contributed by atoms with Gasteiger partial charge in [0, 0.05) is 94.1 Å². The number of carbonyl (C=O) groups excluding carboxylic acids is 6. The van der Waals surface area contributed by atoms with Crippen LogP contribution in [0.1, 0.15) is 108 Å². The van der Waals surface area contributed by atoms with Gasteiger partial charge in [-0.1, -0.05) is 39.7 Å². The molecule has 0 saturated carbocycles. The lowest BCUT2D eigenvalue weighted by atomic mass is 9.84. The number of aromatic nitrogens is 3. The zero-order valence-electron chi connectivity index (χ0n) is 40.6. The van der Waals surface area contributed by atoms with Crippen molar-refractivity contribution in [2.24, 2.45) is 11.3 Å². The summed E-state index contributed by atoms with van der Waals surface area (Å²) in [5.41, 5.74) is 7.83. The van der Waals surface area contributed by atoms with Crippen molar-refractivity contribution in [3.63, 3.8) is 0 Å². The second-order valence-corrected chi connectivity index (χ2v) is 19.1. The molecule has 0 radical (unpaired) electrons. The van der Waals surface area contributed by atoms with Crippen LogP contribution in [0.5, 0.6) is 0 Å².